The Morgan fingerprint density at radius 1 is 1.29 bits per heavy atom. The van der Waals surface area contributed by atoms with Gasteiger partial charge in [0.15, 0.2) is 0 Å². The van der Waals surface area contributed by atoms with Crippen molar-refractivity contribution in [2.75, 3.05) is 18.6 Å². The quantitative estimate of drug-likeness (QED) is 0.805. The Morgan fingerprint density at radius 2 is 2.06 bits per heavy atom. The SMILES string of the molecule is CCNC(CCSC)Cc1ccc(Cl)c(Cl)c1. The van der Waals surface area contributed by atoms with Gasteiger partial charge >= 0.3 is 0 Å². The molecule has 0 saturated carbocycles. The molecule has 0 radical (unpaired) electrons. The molecule has 1 aromatic rings. The molecular formula is C13H19Cl2NS. The maximum Gasteiger partial charge on any atom is 0.0595 e. The average molecular weight is 292 g/mol. The van der Waals surface area contributed by atoms with Crippen LogP contribution in [0.2, 0.25) is 10.0 Å². The summed E-state index contributed by atoms with van der Waals surface area (Å²) in [5, 5.41) is 4.78. The largest absolute Gasteiger partial charge is 0.314 e. The van der Waals surface area contributed by atoms with E-state index in [1.54, 1.807) is 0 Å². The summed E-state index contributed by atoms with van der Waals surface area (Å²) in [6.45, 7) is 3.14. The molecular weight excluding hydrogens is 273 g/mol. The number of halogens is 2. The van der Waals surface area contributed by atoms with Crippen LogP contribution in [0.25, 0.3) is 0 Å². The van der Waals surface area contributed by atoms with Crippen molar-refractivity contribution in [3.8, 4) is 0 Å². The lowest BCUT2D eigenvalue weighted by atomic mass is 10.0. The summed E-state index contributed by atoms with van der Waals surface area (Å²) < 4.78 is 0. The monoisotopic (exact) mass is 291 g/mol. The molecule has 1 unspecified atom stereocenters. The van der Waals surface area contributed by atoms with Gasteiger partial charge in [-0.3, -0.25) is 0 Å². The maximum absolute atomic E-state index is 6.02. The first-order valence-corrected chi connectivity index (χ1v) is 7.98. The highest BCUT2D eigenvalue weighted by Crippen LogP contribution is 2.23. The standard InChI is InChI=1S/C13H19Cl2NS/c1-3-16-11(6-7-17-2)8-10-4-5-12(14)13(15)9-10/h4-5,9,11,16H,3,6-8H2,1-2H3. The van der Waals surface area contributed by atoms with Crippen LogP contribution in [0.5, 0.6) is 0 Å². The maximum atomic E-state index is 6.02. The lowest BCUT2D eigenvalue weighted by Gasteiger charge is -2.17. The first-order chi connectivity index (χ1) is 8.17. The van der Waals surface area contributed by atoms with Crippen LogP contribution in [0.15, 0.2) is 18.2 Å². The van der Waals surface area contributed by atoms with Crippen molar-refractivity contribution in [2.24, 2.45) is 0 Å². The molecule has 1 aromatic carbocycles. The molecule has 0 saturated heterocycles. The van der Waals surface area contributed by atoms with Crippen molar-refractivity contribution in [3.63, 3.8) is 0 Å². The van der Waals surface area contributed by atoms with Crippen molar-refractivity contribution in [3.05, 3.63) is 33.8 Å². The fourth-order valence-electron chi connectivity index (χ4n) is 1.78. The summed E-state index contributed by atoms with van der Waals surface area (Å²) in [7, 11) is 0. The van der Waals surface area contributed by atoms with Crippen LogP contribution >= 0.6 is 35.0 Å². The van der Waals surface area contributed by atoms with Gasteiger partial charge in [0.25, 0.3) is 0 Å². The molecule has 1 N–H and O–H groups in total. The Morgan fingerprint density at radius 3 is 2.65 bits per heavy atom. The minimum absolute atomic E-state index is 0.518. The van der Waals surface area contributed by atoms with Gasteiger partial charge in [-0.15, -0.1) is 0 Å². The molecule has 0 aliphatic carbocycles. The fourth-order valence-corrected chi connectivity index (χ4v) is 2.62. The van der Waals surface area contributed by atoms with E-state index in [-0.39, 0.29) is 0 Å². The highest BCUT2D eigenvalue weighted by molar-refractivity contribution is 7.98. The molecule has 0 amide bonds. The van der Waals surface area contributed by atoms with E-state index in [0.29, 0.717) is 16.1 Å². The topological polar surface area (TPSA) is 12.0 Å². The zero-order valence-corrected chi connectivity index (χ0v) is 12.6. The molecule has 0 aliphatic rings. The van der Waals surface area contributed by atoms with Crippen LogP contribution in [0, 0.1) is 0 Å². The van der Waals surface area contributed by atoms with E-state index in [9.17, 15) is 0 Å². The lowest BCUT2D eigenvalue weighted by Crippen LogP contribution is -2.31. The van der Waals surface area contributed by atoms with E-state index < -0.39 is 0 Å². The Bertz CT molecular complexity index is 344. The number of nitrogens with one attached hydrogen (secondary N) is 1. The van der Waals surface area contributed by atoms with Crippen LogP contribution in [0.4, 0.5) is 0 Å². The van der Waals surface area contributed by atoms with E-state index in [1.165, 1.54) is 17.7 Å². The molecule has 4 heteroatoms. The lowest BCUT2D eigenvalue weighted by molar-refractivity contribution is 0.513. The molecule has 96 valence electrons. The van der Waals surface area contributed by atoms with Crippen LogP contribution in [0.1, 0.15) is 18.9 Å². The molecule has 0 aromatic heterocycles. The molecule has 17 heavy (non-hydrogen) atoms. The van der Waals surface area contributed by atoms with Crippen molar-refractivity contribution in [2.45, 2.75) is 25.8 Å². The second-order valence-corrected chi connectivity index (χ2v) is 5.79. The Labute approximate surface area is 118 Å². The summed E-state index contributed by atoms with van der Waals surface area (Å²) in [4.78, 5) is 0. The van der Waals surface area contributed by atoms with E-state index in [0.717, 1.165) is 13.0 Å². The Hall–Kier alpha value is 0.110. The Balaban J connectivity index is 2.61. The first kappa shape index (κ1) is 15.2. The Kier molecular flexibility index (Phi) is 7.36. The molecule has 1 atom stereocenters. The van der Waals surface area contributed by atoms with Gasteiger partial charge < -0.3 is 5.32 Å². The third-order valence-corrected chi connectivity index (χ3v) is 4.01. The second kappa shape index (κ2) is 8.25. The van der Waals surface area contributed by atoms with Crippen molar-refractivity contribution in [1.29, 1.82) is 0 Å². The van der Waals surface area contributed by atoms with Gasteiger partial charge in [-0.25, -0.2) is 0 Å². The van der Waals surface area contributed by atoms with Gasteiger partial charge in [-0.1, -0.05) is 36.2 Å². The van der Waals surface area contributed by atoms with E-state index >= 15 is 0 Å². The van der Waals surface area contributed by atoms with Crippen molar-refractivity contribution < 1.29 is 0 Å². The van der Waals surface area contributed by atoms with Crippen LogP contribution in [-0.2, 0) is 6.42 Å². The highest BCUT2D eigenvalue weighted by Gasteiger charge is 2.09. The third-order valence-electron chi connectivity index (χ3n) is 2.63. The van der Waals surface area contributed by atoms with E-state index in [1.807, 2.05) is 23.9 Å². The van der Waals surface area contributed by atoms with Crippen molar-refractivity contribution in [1.82, 2.24) is 5.32 Å². The average Bonchev–Trinajstić information content (AvgIpc) is 2.31. The molecule has 0 fully saturated rings. The van der Waals surface area contributed by atoms with Crippen LogP contribution in [0.3, 0.4) is 0 Å². The van der Waals surface area contributed by atoms with Gasteiger partial charge in [0.05, 0.1) is 10.0 Å². The van der Waals surface area contributed by atoms with Gasteiger partial charge in [-0.2, -0.15) is 11.8 Å². The number of rotatable bonds is 7. The van der Waals surface area contributed by atoms with E-state index in [2.05, 4.69) is 24.6 Å². The minimum Gasteiger partial charge on any atom is -0.314 e. The highest BCUT2D eigenvalue weighted by atomic mass is 35.5. The number of likely N-dealkylation sites (N-methyl/N-ethyl adjacent to an activating group) is 1. The predicted octanol–water partition coefficient (Wildman–Crippen LogP) is 4.27. The van der Waals surface area contributed by atoms with Crippen LogP contribution < -0.4 is 5.32 Å². The second-order valence-electron chi connectivity index (χ2n) is 3.99. The summed E-state index contributed by atoms with van der Waals surface area (Å²) in [5.74, 6) is 1.18. The minimum atomic E-state index is 0.518. The molecule has 0 heterocycles. The first-order valence-electron chi connectivity index (χ1n) is 5.83. The summed E-state index contributed by atoms with van der Waals surface area (Å²) in [6.07, 6.45) is 4.32. The number of hydrogen-bond donors (Lipinski definition) is 1. The molecule has 1 rings (SSSR count). The third kappa shape index (κ3) is 5.52. The smallest absolute Gasteiger partial charge is 0.0595 e. The number of thioether (sulfide) groups is 1. The van der Waals surface area contributed by atoms with Crippen LogP contribution in [-0.4, -0.2) is 24.6 Å². The van der Waals surface area contributed by atoms with Crippen molar-refractivity contribution >= 4 is 35.0 Å². The summed E-state index contributed by atoms with van der Waals surface area (Å²) in [5.41, 5.74) is 1.24. The fraction of sp³-hybridized carbons (Fsp3) is 0.538. The predicted molar refractivity (Wildman–Crippen MR) is 80.6 cm³/mol. The van der Waals surface area contributed by atoms with Gasteiger partial charge in [-0.05, 0) is 49.1 Å². The van der Waals surface area contributed by atoms with Gasteiger partial charge in [0.2, 0.25) is 0 Å². The normalized spacial score (nSPS) is 12.7. The molecule has 0 bridgehead atoms. The summed E-state index contributed by atoms with van der Waals surface area (Å²) >= 11 is 13.8. The molecule has 0 spiro atoms. The zero-order valence-electron chi connectivity index (χ0n) is 10.3. The number of hydrogen-bond acceptors (Lipinski definition) is 2. The molecule has 1 nitrogen and oxygen atoms in total. The zero-order chi connectivity index (χ0) is 12.7. The van der Waals surface area contributed by atoms with E-state index in [4.69, 9.17) is 23.2 Å². The summed E-state index contributed by atoms with van der Waals surface area (Å²) in [6, 6.07) is 6.41. The molecule has 0 aliphatic heterocycles. The van der Waals surface area contributed by atoms with Gasteiger partial charge in [0.1, 0.15) is 0 Å². The number of benzene rings is 1. The van der Waals surface area contributed by atoms with Gasteiger partial charge in [0, 0.05) is 6.04 Å².